The van der Waals surface area contributed by atoms with Crippen LogP contribution in [0, 0.1) is 6.92 Å². The Morgan fingerprint density at radius 2 is 2.00 bits per heavy atom. The Hall–Kier alpha value is -1.84. The van der Waals surface area contributed by atoms with Crippen molar-refractivity contribution in [2.24, 2.45) is 0 Å². The topological polar surface area (TPSA) is 66.4 Å². The van der Waals surface area contributed by atoms with Crippen LogP contribution >= 0.6 is 0 Å². The minimum Gasteiger partial charge on any atom is -0.478 e. The molecule has 0 unspecified atom stereocenters. The van der Waals surface area contributed by atoms with Gasteiger partial charge in [-0.2, -0.15) is 0 Å². The molecule has 4 nitrogen and oxygen atoms in total. The summed E-state index contributed by atoms with van der Waals surface area (Å²) in [6.45, 7) is 3.79. The number of hydrogen-bond donors (Lipinski definition) is 2. The van der Waals surface area contributed by atoms with E-state index in [-0.39, 0.29) is 11.5 Å². The second kappa shape index (κ2) is 6.79. The van der Waals surface area contributed by atoms with E-state index in [4.69, 9.17) is 5.11 Å². The third kappa shape index (κ3) is 3.87. The van der Waals surface area contributed by atoms with Gasteiger partial charge >= 0.3 is 5.97 Å². The molecule has 1 amide bonds. The number of hydrogen-bond acceptors (Lipinski definition) is 2. The number of carbonyl (C=O) groups excluding carboxylic acids is 1. The number of carboxylic acids is 1. The SMILES string of the molecule is CCCCCC(=O)Nc1cccc(C)c1C(=O)O. The van der Waals surface area contributed by atoms with Crippen molar-refractivity contribution in [1.29, 1.82) is 0 Å². The van der Waals surface area contributed by atoms with Gasteiger partial charge in [0, 0.05) is 6.42 Å². The molecule has 4 heteroatoms. The standard InChI is InChI=1S/C14H19NO3/c1-3-4-5-9-12(16)15-11-8-6-7-10(2)13(11)14(17)18/h6-8H,3-5,9H2,1-2H3,(H,15,16)(H,17,18). The molecule has 1 rings (SSSR count). The molecule has 18 heavy (non-hydrogen) atoms. The molecule has 0 saturated heterocycles. The number of carboxylic acid groups (broad SMARTS) is 1. The predicted octanol–water partition coefficient (Wildman–Crippen LogP) is 3.21. The van der Waals surface area contributed by atoms with Gasteiger partial charge in [0.15, 0.2) is 0 Å². The van der Waals surface area contributed by atoms with Crippen molar-refractivity contribution in [3.8, 4) is 0 Å². The van der Waals surface area contributed by atoms with Gasteiger partial charge in [-0.3, -0.25) is 4.79 Å². The van der Waals surface area contributed by atoms with E-state index in [0.29, 0.717) is 17.7 Å². The highest BCUT2D eigenvalue weighted by molar-refractivity contribution is 6.01. The molecular formula is C14H19NO3. The third-order valence-corrected chi connectivity index (χ3v) is 2.77. The average molecular weight is 249 g/mol. The smallest absolute Gasteiger partial charge is 0.338 e. The number of aromatic carboxylic acids is 1. The number of benzene rings is 1. The number of unbranched alkanes of at least 4 members (excludes halogenated alkanes) is 2. The first-order valence-corrected chi connectivity index (χ1v) is 6.19. The van der Waals surface area contributed by atoms with Gasteiger partial charge in [0.25, 0.3) is 0 Å². The lowest BCUT2D eigenvalue weighted by Gasteiger charge is -2.10. The molecule has 0 atom stereocenters. The Balaban J connectivity index is 2.75. The van der Waals surface area contributed by atoms with Crippen molar-refractivity contribution < 1.29 is 14.7 Å². The Kier molecular flexibility index (Phi) is 5.36. The number of rotatable bonds is 6. The van der Waals surface area contributed by atoms with E-state index in [1.807, 2.05) is 0 Å². The lowest BCUT2D eigenvalue weighted by atomic mass is 10.1. The monoisotopic (exact) mass is 249 g/mol. The number of nitrogens with one attached hydrogen (secondary N) is 1. The van der Waals surface area contributed by atoms with Crippen molar-refractivity contribution >= 4 is 17.6 Å². The van der Waals surface area contributed by atoms with Crippen LogP contribution in [-0.2, 0) is 4.79 Å². The fourth-order valence-electron chi connectivity index (χ4n) is 1.80. The van der Waals surface area contributed by atoms with Crippen molar-refractivity contribution in [3.05, 3.63) is 29.3 Å². The molecule has 98 valence electrons. The summed E-state index contributed by atoms with van der Waals surface area (Å²) in [5.41, 5.74) is 1.19. The first kappa shape index (κ1) is 14.2. The zero-order valence-electron chi connectivity index (χ0n) is 10.8. The summed E-state index contributed by atoms with van der Waals surface area (Å²) in [6, 6.07) is 5.08. The number of aryl methyl sites for hydroxylation is 1. The molecule has 0 spiro atoms. The van der Waals surface area contributed by atoms with E-state index in [0.717, 1.165) is 19.3 Å². The zero-order chi connectivity index (χ0) is 13.5. The third-order valence-electron chi connectivity index (χ3n) is 2.77. The second-order valence-electron chi connectivity index (χ2n) is 4.31. The van der Waals surface area contributed by atoms with E-state index in [1.165, 1.54) is 0 Å². The van der Waals surface area contributed by atoms with E-state index >= 15 is 0 Å². The van der Waals surface area contributed by atoms with Crippen molar-refractivity contribution in [3.63, 3.8) is 0 Å². The molecule has 0 radical (unpaired) electrons. The highest BCUT2D eigenvalue weighted by Crippen LogP contribution is 2.20. The van der Waals surface area contributed by atoms with E-state index < -0.39 is 5.97 Å². The Morgan fingerprint density at radius 1 is 1.28 bits per heavy atom. The van der Waals surface area contributed by atoms with Crippen LogP contribution in [0.5, 0.6) is 0 Å². The Bertz CT molecular complexity index is 441. The van der Waals surface area contributed by atoms with Crippen LogP contribution in [0.1, 0.15) is 48.5 Å². The minimum absolute atomic E-state index is 0.128. The molecule has 1 aromatic carbocycles. The van der Waals surface area contributed by atoms with Crippen LogP contribution in [0.4, 0.5) is 5.69 Å². The molecule has 1 aromatic rings. The van der Waals surface area contributed by atoms with Gasteiger partial charge in [-0.15, -0.1) is 0 Å². The van der Waals surface area contributed by atoms with Crippen molar-refractivity contribution in [2.45, 2.75) is 39.5 Å². The number of anilines is 1. The minimum atomic E-state index is -1.02. The number of amides is 1. The normalized spacial score (nSPS) is 10.1. The maximum Gasteiger partial charge on any atom is 0.338 e. The van der Waals surface area contributed by atoms with Crippen LogP contribution in [0.2, 0.25) is 0 Å². The summed E-state index contributed by atoms with van der Waals surface area (Å²) in [6.07, 6.45) is 3.32. The highest BCUT2D eigenvalue weighted by atomic mass is 16.4. The summed E-state index contributed by atoms with van der Waals surface area (Å²) in [5, 5.41) is 11.8. The summed E-state index contributed by atoms with van der Waals surface area (Å²) >= 11 is 0. The highest BCUT2D eigenvalue weighted by Gasteiger charge is 2.14. The van der Waals surface area contributed by atoms with Crippen molar-refractivity contribution in [1.82, 2.24) is 0 Å². The van der Waals surface area contributed by atoms with Gasteiger partial charge in [-0.25, -0.2) is 4.79 Å². The Labute approximate surface area is 107 Å². The molecular weight excluding hydrogens is 230 g/mol. The quantitative estimate of drug-likeness (QED) is 0.761. The first-order valence-electron chi connectivity index (χ1n) is 6.19. The van der Waals surface area contributed by atoms with E-state index in [2.05, 4.69) is 12.2 Å². The molecule has 0 aliphatic heterocycles. The van der Waals surface area contributed by atoms with E-state index in [9.17, 15) is 9.59 Å². The average Bonchev–Trinajstić information content (AvgIpc) is 2.28. The molecule has 0 heterocycles. The van der Waals surface area contributed by atoms with E-state index in [1.54, 1.807) is 25.1 Å². The summed E-state index contributed by atoms with van der Waals surface area (Å²) < 4.78 is 0. The van der Waals surface area contributed by atoms with Crippen LogP contribution < -0.4 is 5.32 Å². The summed E-state index contributed by atoms with van der Waals surface area (Å²) in [4.78, 5) is 22.8. The molecule has 0 aliphatic rings. The zero-order valence-corrected chi connectivity index (χ0v) is 10.8. The van der Waals surface area contributed by atoms with Gasteiger partial charge in [0.2, 0.25) is 5.91 Å². The van der Waals surface area contributed by atoms with Gasteiger partial charge in [0.05, 0.1) is 11.3 Å². The van der Waals surface area contributed by atoms with Gasteiger partial charge in [-0.1, -0.05) is 31.9 Å². The van der Waals surface area contributed by atoms with Gasteiger partial charge < -0.3 is 10.4 Å². The fraction of sp³-hybridized carbons (Fsp3) is 0.429. The largest absolute Gasteiger partial charge is 0.478 e. The summed E-state index contributed by atoms with van der Waals surface area (Å²) in [5.74, 6) is -1.14. The molecule has 2 N–H and O–H groups in total. The van der Waals surface area contributed by atoms with Gasteiger partial charge in [0.1, 0.15) is 0 Å². The molecule has 0 bridgehead atoms. The second-order valence-corrected chi connectivity index (χ2v) is 4.31. The van der Waals surface area contributed by atoms with Gasteiger partial charge in [-0.05, 0) is 25.0 Å². The molecule has 0 fully saturated rings. The molecule has 0 aliphatic carbocycles. The van der Waals surface area contributed by atoms with Crippen molar-refractivity contribution in [2.75, 3.05) is 5.32 Å². The fourth-order valence-corrected chi connectivity index (χ4v) is 1.80. The van der Waals surface area contributed by atoms with Crippen LogP contribution in [-0.4, -0.2) is 17.0 Å². The van der Waals surface area contributed by atoms with Crippen LogP contribution in [0.25, 0.3) is 0 Å². The maximum atomic E-state index is 11.7. The lowest BCUT2D eigenvalue weighted by Crippen LogP contribution is -2.15. The maximum absolute atomic E-state index is 11.7. The predicted molar refractivity (Wildman–Crippen MR) is 70.9 cm³/mol. The lowest BCUT2D eigenvalue weighted by molar-refractivity contribution is -0.116. The molecule has 0 saturated carbocycles. The number of carbonyl (C=O) groups is 2. The first-order chi connectivity index (χ1) is 8.56. The Morgan fingerprint density at radius 3 is 2.61 bits per heavy atom. The summed E-state index contributed by atoms with van der Waals surface area (Å²) in [7, 11) is 0. The molecule has 0 aromatic heterocycles. The van der Waals surface area contributed by atoms with Crippen LogP contribution in [0.3, 0.4) is 0 Å². The van der Waals surface area contributed by atoms with Crippen LogP contribution in [0.15, 0.2) is 18.2 Å².